The summed E-state index contributed by atoms with van der Waals surface area (Å²) in [5.74, 6) is 0.0483. The summed E-state index contributed by atoms with van der Waals surface area (Å²) >= 11 is 12.3. The first-order valence-corrected chi connectivity index (χ1v) is 8.25. The first-order chi connectivity index (χ1) is 11.0. The molecule has 120 valence electrons. The summed E-state index contributed by atoms with van der Waals surface area (Å²) in [6.07, 6.45) is 6.15. The number of allylic oxidation sites excluding steroid dienone is 2. The van der Waals surface area contributed by atoms with Crippen LogP contribution in [-0.4, -0.2) is 19.0 Å². The molecule has 1 atom stereocenters. The molecule has 2 aromatic rings. The molecule has 3 heteroatoms. The number of nitrogens with zero attached hydrogens (tertiary/aromatic N) is 1. The summed E-state index contributed by atoms with van der Waals surface area (Å²) in [7, 11) is 4.14. The Morgan fingerprint density at radius 3 is 2.52 bits per heavy atom. The Labute approximate surface area is 148 Å². The SMILES string of the molecule is C=CC(/C=C/c1ccccc1CN(C)C)c1ccc(Cl)cc1Cl. The number of rotatable bonds is 6. The standard InChI is InChI=1S/C20H21Cl2N/c1-4-15(19-12-11-18(21)13-20(19)22)9-10-16-7-5-6-8-17(16)14-23(2)3/h4-13,15H,1,14H2,2-3H3/b10-9+. The van der Waals surface area contributed by atoms with Crippen LogP contribution in [0.5, 0.6) is 0 Å². The highest BCUT2D eigenvalue weighted by Gasteiger charge is 2.09. The van der Waals surface area contributed by atoms with E-state index in [4.69, 9.17) is 23.2 Å². The van der Waals surface area contributed by atoms with Crippen molar-refractivity contribution in [3.05, 3.63) is 87.9 Å². The number of halogens is 2. The van der Waals surface area contributed by atoms with E-state index in [0.717, 1.165) is 12.1 Å². The van der Waals surface area contributed by atoms with E-state index in [9.17, 15) is 0 Å². The molecule has 2 rings (SSSR count). The van der Waals surface area contributed by atoms with Crippen molar-refractivity contribution in [3.63, 3.8) is 0 Å². The highest BCUT2D eigenvalue weighted by Crippen LogP contribution is 2.30. The van der Waals surface area contributed by atoms with E-state index < -0.39 is 0 Å². The zero-order valence-corrected chi connectivity index (χ0v) is 15.0. The third kappa shape index (κ3) is 4.97. The van der Waals surface area contributed by atoms with Crippen molar-refractivity contribution in [2.24, 2.45) is 0 Å². The van der Waals surface area contributed by atoms with Gasteiger partial charge in [0.05, 0.1) is 0 Å². The number of hydrogen-bond donors (Lipinski definition) is 0. The van der Waals surface area contributed by atoms with E-state index >= 15 is 0 Å². The summed E-state index contributed by atoms with van der Waals surface area (Å²) in [4.78, 5) is 2.16. The van der Waals surface area contributed by atoms with Gasteiger partial charge < -0.3 is 4.90 Å². The van der Waals surface area contributed by atoms with Crippen LogP contribution in [0.25, 0.3) is 6.08 Å². The van der Waals surface area contributed by atoms with Crippen molar-refractivity contribution in [1.29, 1.82) is 0 Å². The molecule has 2 aromatic carbocycles. The molecular formula is C20H21Cl2N. The molecule has 0 aliphatic heterocycles. The van der Waals surface area contributed by atoms with Crippen LogP contribution in [0.2, 0.25) is 10.0 Å². The fraction of sp³-hybridized carbons (Fsp3) is 0.200. The number of hydrogen-bond acceptors (Lipinski definition) is 1. The normalized spacial score (nSPS) is 12.7. The van der Waals surface area contributed by atoms with Gasteiger partial charge in [-0.1, -0.05) is 71.8 Å². The van der Waals surface area contributed by atoms with Crippen LogP contribution < -0.4 is 0 Å². The van der Waals surface area contributed by atoms with Crippen molar-refractivity contribution >= 4 is 29.3 Å². The molecule has 0 N–H and O–H groups in total. The molecule has 0 amide bonds. The van der Waals surface area contributed by atoms with Gasteiger partial charge in [0.1, 0.15) is 0 Å². The second kappa shape index (κ2) is 8.35. The van der Waals surface area contributed by atoms with Crippen LogP contribution in [0.15, 0.2) is 61.2 Å². The topological polar surface area (TPSA) is 3.24 Å². The second-order valence-electron chi connectivity index (χ2n) is 5.72. The van der Waals surface area contributed by atoms with Crippen molar-refractivity contribution in [3.8, 4) is 0 Å². The Hall–Kier alpha value is -1.54. The fourth-order valence-corrected chi connectivity index (χ4v) is 3.00. The highest BCUT2D eigenvalue weighted by atomic mass is 35.5. The predicted octanol–water partition coefficient (Wildman–Crippen LogP) is 6.04. The van der Waals surface area contributed by atoms with Crippen LogP contribution in [0.3, 0.4) is 0 Å². The largest absolute Gasteiger partial charge is 0.305 e. The van der Waals surface area contributed by atoms with Crippen LogP contribution in [0.1, 0.15) is 22.6 Å². The molecule has 1 nitrogen and oxygen atoms in total. The average molecular weight is 346 g/mol. The van der Waals surface area contributed by atoms with Gasteiger partial charge in [0.2, 0.25) is 0 Å². The maximum atomic E-state index is 6.31. The Morgan fingerprint density at radius 1 is 1.13 bits per heavy atom. The summed E-state index contributed by atoms with van der Waals surface area (Å²) in [5, 5.41) is 1.30. The lowest BCUT2D eigenvalue weighted by Crippen LogP contribution is -2.11. The minimum Gasteiger partial charge on any atom is -0.305 e. The minimum absolute atomic E-state index is 0.0483. The summed E-state index contributed by atoms with van der Waals surface area (Å²) < 4.78 is 0. The van der Waals surface area contributed by atoms with E-state index in [0.29, 0.717) is 10.0 Å². The molecule has 0 spiro atoms. The molecule has 0 fully saturated rings. The van der Waals surface area contributed by atoms with Crippen molar-refractivity contribution < 1.29 is 0 Å². The van der Waals surface area contributed by atoms with E-state index in [1.807, 2.05) is 18.2 Å². The first-order valence-electron chi connectivity index (χ1n) is 7.49. The zero-order valence-electron chi connectivity index (χ0n) is 13.5. The molecule has 0 aliphatic rings. The lowest BCUT2D eigenvalue weighted by molar-refractivity contribution is 0.402. The Kier molecular flexibility index (Phi) is 6.47. The lowest BCUT2D eigenvalue weighted by atomic mass is 9.97. The van der Waals surface area contributed by atoms with Crippen molar-refractivity contribution in [1.82, 2.24) is 4.90 Å². The fourth-order valence-electron chi connectivity index (χ4n) is 2.47. The Balaban J connectivity index is 2.28. The third-order valence-electron chi connectivity index (χ3n) is 3.60. The summed E-state index contributed by atoms with van der Waals surface area (Å²) in [6.45, 7) is 4.84. The van der Waals surface area contributed by atoms with E-state index in [1.54, 1.807) is 6.07 Å². The Morgan fingerprint density at radius 2 is 1.87 bits per heavy atom. The van der Waals surface area contributed by atoms with Crippen LogP contribution in [0, 0.1) is 0 Å². The second-order valence-corrected chi connectivity index (χ2v) is 6.57. The smallest absolute Gasteiger partial charge is 0.0462 e. The van der Waals surface area contributed by atoms with Crippen LogP contribution >= 0.6 is 23.2 Å². The van der Waals surface area contributed by atoms with E-state index in [2.05, 4.69) is 62.0 Å². The van der Waals surface area contributed by atoms with Gasteiger partial charge in [-0.3, -0.25) is 0 Å². The maximum absolute atomic E-state index is 6.31. The lowest BCUT2D eigenvalue weighted by Gasteiger charge is -2.13. The van der Waals surface area contributed by atoms with Gasteiger partial charge in [-0.05, 0) is 42.9 Å². The average Bonchev–Trinajstić information content (AvgIpc) is 2.50. The summed E-state index contributed by atoms with van der Waals surface area (Å²) in [6, 6.07) is 14.0. The first kappa shape index (κ1) is 17.8. The monoisotopic (exact) mass is 345 g/mol. The molecule has 0 aliphatic carbocycles. The van der Waals surface area contributed by atoms with Gasteiger partial charge >= 0.3 is 0 Å². The van der Waals surface area contributed by atoms with Crippen LogP contribution in [0.4, 0.5) is 0 Å². The molecule has 0 heterocycles. The minimum atomic E-state index is 0.0483. The molecule has 0 radical (unpaired) electrons. The molecule has 0 saturated carbocycles. The molecule has 0 bridgehead atoms. The molecule has 0 saturated heterocycles. The zero-order chi connectivity index (χ0) is 16.8. The number of benzene rings is 2. The van der Waals surface area contributed by atoms with Crippen molar-refractivity contribution in [2.45, 2.75) is 12.5 Å². The van der Waals surface area contributed by atoms with Crippen molar-refractivity contribution in [2.75, 3.05) is 14.1 Å². The third-order valence-corrected chi connectivity index (χ3v) is 4.16. The summed E-state index contributed by atoms with van der Waals surface area (Å²) in [5.41, 5.74) is 3.50. The highest BCUT2D eigenvalue weighted by molar-refractivity contribution is 6.35. The van der Waals surface area contributed by atoms with Gasteiger partial charge in [0.25, 0.3) is 0 Å². The maximum Gasteiger partial charge on any atom is 0.0462 e. The molecule has 23 heavy (non-hydrogen) atoms. The van der Waals surface area contributed by atoms with E-state index in [1.165, 1.54) is 11.1 Å². The van der Waals surface area contributed by atoms with Gasteiger partial charge in [0.15, 0.2) is 0 Å². The van der Waals surface area contributed by atoms with Gasteiger partial charge in [0, 0.05) is 22.5 Å². The van der Waals surface area contributed by atoms with Crippen LogP contribution in [-0.2, 0) is 6.54 Å². The molecule has 0 aromatic heterocycles. The van der Waals surface area contributed by atoms with Gasteiger partial charge in [-0.15, -0.1) is 6.58 Å². The van der Waals surface area contributed by atoms with Gasteiger partial charge in [-0.2, -0.15) is 0 Å². The quantitative estimate of drug-likeness (QED) is 0.577. The molecular weight excluding hydrogens is 325 g/mol. The van der Waals surface area contributed by atoms with E-state index in [-0.39, 0.29) is 5.92 Å². The Bertz CT molecular complexity index is 705. The predicted molar refractivity (Wildman–Crippen MR) is 102 cm³/mol. The van der Waals surface area contributed by atoms with Gasteiger partial charge in [-0.25, -0.2) is 0 Å². The molecule has 1 unspecified atom stereocenters.